The number of nitrogens with zero attached hydrogens (tertiary/aromatic N) is 3. The van der Waals surface area contributed by atoms with Crippen molar-refractivity contribution in [2.24, 2.45) is 0 Å². The lowest BCUT2D eigenvalue weighted by Gasteiger charge is -2.19. The number of benzene rings is 2. The fourth-order valence-electron chi connectivity index (χ4n) is 3.40. The maximum Gasteiger partial charge on any atom is 0.490 e. The molecule has 0 spiro atoms. The SMILES string of the molecule is CNS(=O)(=O)c1ccc2c(c1)N(c1cc(Nc3cc(C)cc(Br)c3)ncn1)CC2.O=C(O)C(F)(F)F. The highest BCUT2D eigenvalue weighted by atomic mass is 79.9. The number of alkyl halides is 3. The van der Waals surface area contributed by atoms with Crippen molar-refractivity contribution in [3.63, 3.8) is 0 Å². The van der Waals surface area contributed by atoms with Crippen LogP contribution in [0.1, 0.15) is 11.1 Å². The summed E-state index contributed by atoms with van der Waals surface area (Å²) < 4.78 is 59.5. The molecule has 0 unspecified atom stereocenters. The number of aromatic nitrogens is 2. The summed E-state index contributed by atoms with van der Waals surface area (Å²) in [5.74, 6) is -1.38. The number of carbonyl (C=O) groups is 1. The molecule has 3 aromatic rings. The summed E-state index contributed by atoms with van der Waals surface area (Å²) in [5.41, 5.74) is 3.99. The molecule has 0 atom stereocenters. The van der Waals surface area contributed by atoms with E-state index in [1.54, 1.807) is 12.1 Å². The Labute approximate surface area is 213 Å². The van der Waals surface area contributed by atoms with E-state index in [9.17, 15) is 21.6 Å². The average Bonchev–Trinajstić information content (AvgIpc) is 3.22. The number of nitrogens with one attached hydrogen (secondary N) is 2. The van der Waals surface area contributed by atoms with Gasteiger partial charge in [0.15, 0.2) is 0 Å². The minimum Gasteiger partial charge on any atom is -0.475 e. The molecule has 1 aliphatic heterocycles. The number of hydrogen-bond donors (Lipinski definition) is 3. The lowest BCUT2D eigenvalue weighted by Crippen LogP contribution is -2.21. The number of carboxylic acids is 1. The molecule has 0 fully saturated rings. The minimum atomic E-state index is -5.08. The Kier molecular flexibility index (Phi) is 8.21. The van der Waals surface area contributed by atoms with Crippen molar-refractivity contribution >= 4 is 54.9 Å². The smallest absolute Gasteiger partial charge is 0.475 e. The van der Waals surface area contributed by atoms with Crippen LogP contribution in [-0.2, 0) is 21.2 Å². The Hall–Kier alpha value is -3.23. The van der Waals surface area contributed by atoms with Gasteiger partial charge in [-0.25, -0.2) is 27.9 Å². The summed E-state index contributed by atoms with van der Waals surface area (Å²) >= 11 is 3.51. The summed E-state index contributed by atoms with van der Waals surface area (Å²) in [7, 11) is -2.10. The molecule has 0 saturated carbocycles. The predicted octanol–water partition coefficient (Wildman–Crippen LogP) is 4.53. The van der Waals surface area contributed by atoms with Crippen LogP contribution in [0.5, 0.6) is 0 Å². The van der Waals surface area contributed by atoms with Gasteiger partial charge >= 0.3 is 12.1 Å². The molecule has 9 nitrogen and oxygen atoms in total. The third-order valence-corrected chi connectivity index (χ3v) is 6.89. The van der Waals surface area contributed by atoms with Gasteiger partial charge in [-0.2, -0.15) is 13.2 Å². The zero-order valence-electron chi connectivity index (χ0n) is 19.0. The standard InChI is InChI=1S/C20H20BrN5O2S.C2HF3O2/c1-13-7-15(21)9-16(8-13)25-19-11-20(24-12-23-19)26-6-5-14-3-4-17(10-18(14)26)29(27,28)22-2;3-2(4,5)1(6)7/h3-4,7-12,22H,5-6H2,1-2H3,(H,23,24,25);(H,6,7). The highest BCUT2D eigenvalue weighted by Gasteiger charge is 2.38. The fourth-order valence-corrected chi connectivity index (χ4v) is 4.76. The molecule has 192 valence electrons. The van der Waals surface area contributed by atoms with Crippen LogP contribution in [0.2, 0.25) is 0 Å². The number of anilines is 4. The first-order valence-corrected chi connectivity index (χ1v) is 12.6. The fraction of sp³-hybridized carbons (Fsp3) is 0.227. The molecule has 0 bridgehead atoms. The van der Waals surface area contributed by atoms with Gasteiger partial charge in [0.1, 0.15) is 18.0 Å². The van der Waals surface area contributed by atoms with Crippen molar-refractivity contribution in [1.82, 2.24) is 14.7 Å². The topological polar surface area (TPSA) is 125 Å². The van der Waals surface area contributed by atoms with Crippen LogP contribution in [0.15, 0.2) is 58.2 Å². The molecule has 2 aromatic carbocycles. The van der Waals surface area contributed by atoms with Gasteiger partial charge in [-0.15, -0.1) is 0 Å². The summed E-state index contributed by atoms with van der Waals surface area (Å²) in [6.07, 6.45) is -2.75. The Bertz CT molecular complexity index is 1370. The maximum absolute atomic E-state index is 12.2. The molecule has 1 aliphatic rings. The van der Waals surface area contributed by atoms with Gasteiger partial charge in [0.05, 0.1) is 4.90 Å². The largest absolute Gasteiger partial charge is 0.490 e. The molecule has 0 radical (unpaired) electrons. The number of aliphatic carboxylic acids is 1. The van der Waals surface area contributed by atoms with Crippen molar-refractivity contribution in [3.05, 3.63) is 64.4 Å². The molecule has 4 rings (SSSR count). The van der Waals surface area contributed by atoms with E-state index in [0.29, 0.717) is 11.6 Å². The zero-order chi connectivity index (χ0) is 26.7. The third-order valence-electron chi connectivity index (χ3n) is 5.02. The number of rotatable bonds is 5. The van der Waals surface area contributed by atoms with Crippen molar-refractivity contribution in [2.75, 3.05) is 23.8 Å². The molecule has 14 heteroatoms. The van der Waals surface area contributed by atoms with E-state index in [2.05, 4.69) is 35.9 Å². The van der Waals surface area contributed by atoms with Crippen LogP contribution >= 0.6 is 15.9 Å². The second-order valence-electron chi connectivity index (χ2n) is 7.61. The van der Waals surface area contributed by atoms with Gasteiger partial charge in [0.25, 0.3) is 0 Å². The van der Waals surface area contributed by atoms with E-state index in [4.69, 9.17) is 9.90 Å². The monoisotopic (exact) mass is 587 g/mol. The van der Waals surface area contributed by atoms with Crippen molar-refractivity contribution in [1.29, 1.82) is 0 Å². The number of sulfonamides is 1. The summed E-state index contributed by atoms with van der Waals surface area (Å²) in [5, 5.41) is 10.4. The van der Waals surface area contributed by atoms with E-state index in [-0.39, 0.29) is 4.90 Å². The first-order chi connectivity index (χ1) is 16.8. The van der Waals surface area contributed by atoms with Gasteiger partial charge in [-0.05, 0) is 61.9 Å². The quantitative estimate of drug-likeness (QED) is 0.398. The van der Waals surface area contributed by atoms with Crippen LogP contribution in [0.25, 0.3) is 0 Å². The zero-order valence-corrected chi connectivity index (χ0v) is 21.4. The Balaban J connectivity index is 0.000000454. The van der Waals surface area contributed by atoms with Crippen LogP contribution in [0, 0.1) is 6.92 Å². The van der Waals surface area contributed by atoms with E-state index in [1.165, 1.54) is 13.4 Å². The van der Waals surface area contributed by atoms with Crippen molar-refractivity contribution in [3.8, 4) is 0 Å². The van der Waals surface area contributed by atoms with E-state index in [0.717, 1.165) is 39.9 Å². The predicted molar refractivity (Wildman–Crippen MR) is 131 cm³/mol. The molecular weight excluding hydrogens is 567 g/mol. The van der Waals surface area contributed by atoms with Crippen LogP contribution in [0.3, 0.4) is 0 Å². The van der Waals surface area contributed by atoms with Crippen LogP contribution in [0.4, 0.5) is 36.2 Å². The molecular formula is C22H21BrF3N5O4S. The summed E-state index contributed by atoms with van der Waals surface area (Å²) in [4.78, 5) is 19.9. The first-order valence-electron chi connectivity index (χ1n) is 10.3. The third kappa shape index (κ3) is 6.71. The number of carboxylic acid groups (broad SMARTS) is 1. The van der Waals surface area contributed by atoms with Gasteiger partial charge in [-0.1, -0.05) is 22.0 Å². The number of hydrogen-bond acceptors (Lipinski definition) is 7. The highest BCUT2D eigenvalue weighted by Crippen LogP contribution is 2.36. The van der Waals surface area contributed by atoms with Crippen molar-refractivity contribution < 1.29 is 31.5 Å². The Morgan fingerprint density at radius 3 is 2.44 bits per heavy atom. The lowest BCUT2D eigenvalue weighted by atomic mass is 10.2. The van der Waals surface area contributed by atoms with Crippen LogP contribution < -0.4 is 14.9 Å². The molecule has 0 aliphatic carbocycles. The summed E-state index contributed by atoms with van der Waals surface area (Å²) in [6, 6.07) is 13.1. The van der Waals surface area contributed by atoms with Gasteiger partial charge in [0.2, 0.25) is 10.0 Å². The van der Waals surface area contributed by atoms with E-state index in [1.807, 2.05) is 42.2 Å². The number of aryl methyl sites for hydroxylation is 1. The van der Waals surface area contributed by atoms with E-state index >= 15 is 0 Å². The lowest BCUT2D eigenvalue weighted by molar-refractivity contribution is -0.192. The van der Waals surface area contributed by atoms with Crippen molar-refractivity contribution in [2.45, 2.75) is 24.4 Å². The Morgan fingerprint density at radius 2 is 1.83 bits per heavy atom. The molecule has 3 N–H and O–H groups in total. The molecule has 0 saturated heterocycles. The molecule has 1 aromatic heterocycles. The van der Waals surface area contributed by atoms with E-state index < -0.39 is 22.2 Å². The summed E-state index contributed by atoms with van der Waals surface area (Å²) in [6.45, 7) is 2.75. The normalized spacial score (nSPS) is 13.0. The number of fused-ring (bicyclic) bond motifs is 1. The molecule has 0 amide bonds. The van der Waals surface area contributed by atoms with Gasteiger partial charge < -0.3 is 15.3 Å². The minimum absolute atomic E-state index is 0.239. The van der Waals surface area contributed by atoms with Gasteiger partial charge in [0, 0.05) is 28.5 Å². The Morgan fingerprint density at radius 1 is 1.14 bits per heavy atom. The second-order valence-corrected chi connectivity index (χ2v) is 10.4. The van der Waals surface area contributed by atoms with Gasteiger partial charge in [-0.3, -0.25) is 0 Å². The second kappa shape index (κ2) is 10.8. The number of halogens is 4. The molecule has 36 heavy (non-hydrogen) atoms. The van der Waals surface area contributed by atoms with Crippen LogP contribution in [-0.4, -0.2) is 49.2 Å². The average molecular weight is 588 g/mol. The first kappa shape index (κ1) is 27.4. The highest BCUT2D eigenvalue weighted by molar-refractivity contribution is 9.10. The maximum atomic E-state index is 12.2. The molecule has 2 heterocycles.